The molecule has 0 aromatic carbocycles. The molecule has 0 aliphatic rings. The maximum atomic E-state index is 12.3. The van der Waals surface area contributed by atoms with Crippen LogP contribution in [0.3, 0.4) is 0 Å². The highest BCUT2D eigenvalue weighted by Gasteiger charge is 2.41. The fourth-order valence-electron chi connectivity index (χ4n) is 3.11. The van der Waals surface area contributed by atoms with Crippen molar-refractivity contribution in [1.29, 1.82) is 0 Å². The Morgan fingerprint density at radius 3 is 1.74 bits per heavy atom. The van der Waals surface area contributed by atoms with Crippen LogP contribution in [0.2, 0.25) is 6.04 Å². The first-order valence-corrected chi connectivity index (χ1v) is 13.3. The molecule has 0 radical (unpaired) electrons. The average Bonchev–Trinajstić information content (AvgIpc) is 2.63. The van der Waals surface area contributed by atoms with Crippen LogP contribution in [-0.4, -0.2) is 54.1 Å². The molecule has 0 rings (SSSR count). The van der Waals surface area contributed by atoms with Crippen molar-refractivity contribution < 1.29 is 31.0 Å². The standard InChI is InChI=1S/C18H38O7SSi/c1-5-6-7-8-9-10-11-12-13-14-17(19)18(26(20,21)22)15-16-27(23-2,24-3)25-4/h18H,5-16H2,1-4H3,(H,20,21,22). The van der Waals surface area contributed by atoms with E-state index in [1.165, 1.54) is 53.4 Å². The first-order chi connectivity index (χ1) is 12.8. The highest BCUT2D eigenvalue weighted by Crippen LogP contribution is 2.21. The number of hydrogen-bond donors (Lipinski definition) is 1. The molecule has 0 heterocycles. The molecule has 9 heteroatoms. The number of ketones is 1. The van der Waals surface area contributed by atoms with Crippen molar-refractivity contribution in [1.82, 2.24) is 0 Å². The maximum Gasteiger partial charge on any atom is 0.500 e. The van der Waals surface area contributed by atoms with Crippen LogP contribution in [0.1, 0.15) is 77.6 Å². The van der Waals surface area contributed by atoms with Crippen LogP contribution in [0.25, 0.3) is 0 Å². The molecular weight excluding hydrogens is 388 g/mol. The fourth-order valence-corrected chi connectivity index (χ4v) is 5.94. The van der Waals surface area contributed by atoms with E-state index in [1.807, 2.05) is 0 Å². The third-order valence-electron chi connectivity index (χ3n) is 4.89. The summed E-state index contributed by atoms with van der Waals surface area (Å²) in [5.74, 6) is -0.452. The lowest BCUT2D eigenvalue weighted by atomic mass is 10.0. The van der Waals surface area contributed by atoms with Crippen molar-refractivity contribution in [3.05, 3.63) is 0 Å². The quantitative estimate of drug-likeness (QED) is 0.201. The number of carbonyl (C=O) groups excluding carboxylic acids is 1. The molecule has 0 bridgehead atoms. The minimum absolute atomic E-state index is 0.0726. The first-order valence-electron chi connectivity index (χ1n) is 9.90. The highest BCUT2D eigenvalue weighted by molar-refractivity contribution is 7.87. The second-order valence-electron chi connectivity index (χ2n) is 6.88. The van der Waals surface area contributed by atoms with Crippen molar-refractivity contribution in [3.63, 3.8) is 0 Å². The normalized spacial score (nSPS) is 13.7. The van der Waals surface area contributed by atoms with E-state index in [9.17, 15) is 17.8 Å². The summed E-state index contributed by atoms with van der Waals surface area (Å²) in [5, 5.41) is -1.45. The van der Waals surface area contributed by atoms with Gasteiger partial charge in [0, 0.05) is 33.8 Å². The average molecular weight is 427 g/mol. The summed E-state index contributed by atoms with van der Waals surface area (Å²) in [6, 6.07) is 0.143. The molecule has 162 valence electrons. The van der Waals surface area contributed by atoms with Crippen LogP contribution >= 0.6 is 0 Å². The van der Waals surface area contributed by atoms with Crippen LogP contribution in [0.4, 0.5) is 0 Å². The lowest BCUT2D eigenvalue weighted by Crippen LogP contribution is -2.44. The van der Waals surface area contributed by atoms with E-state index in [-0.39, 0.29) is 18.9 Å². The van der Waals surface area contributed by atoms with Crippen LogP contribution in [0.15, 0.2) is 0 Å². The first kappa shape index (κ1) is 26.7. The summed E-state index contributed by atoms with van der Waals surface area (Å²) in [5.41, 5.74) is 0. The molecule has 0 spiro atoms. The second-order valence-corrected chi connectivity index (χ2v) is 11.6. The van der Waals surface area contributed by atoms with Gasteiger partial charge in [0.25, 0.3) is 10.1 Å². The lowest BCUT2D eigenvalue weighted by molar-refractivity contribution is -0.118. The van der Waals surface area contributed by atoms with Gasteiger partial charge < -0.3 is 13.3 Å². The van der Waals surface area contributed by atoms with Crippen molar-refractivity contribution >= 4 is 24.7 Å². The molecule has 0 aliphatic carbocycles. The van der Waals surface area contributed by atoms with E-state index in [0.29, 0.717) is 6.42 Å². The molecule has 0 aromatic heterocycles. The molecule has 0 aliphatic heterocycles. The zero-order valence-corrected chi connectivity index (χ0v) is 19.2. The minimum atomic E-state index is -4.47. The van der Waals surface area contributed by atoms with Gasteiger partial charge in [-0.3, -0.25) is 9.35 Å². The molecule has 0 saturated carbocycles. The van der Waals surface area contributed by atoms with Crippen molar-refractivity contribution in [2.45, 2.75) is 88.8 Å². The third kappa shape index (κ3) is 11.3. The summed E-state index contributed by atoms with van der Waals surface area (Å²) >= 11 is 0. The topological polar surface area (TPSA) is 99.1 Å². The second kappa shape index (κ2) is 14.6. The molecular formula is C18H38O7SSi. The van der Waals surface area contributed by atoms with E-state index < -0.39 is 30.0 Å². The van der Waals surface area contributed by atoms with Gasteiger partial charge in [0.05, 0.1) is 0 Å². The Bertz CT molecular complexity index is 484. The Morgan fingerprint density at radius 1 is 0.889 bits per heavy atom. The Kier molecular flexibility index (Phi) is 14.5. The van der Waals surface area contributed by atoms with Crippen LogP contribution in [-0.2, 0) is 28.2 Å². The molecule has 27 heavy (non-hydrogen) atoms. The van der Waals surface area contributed by atoms with Gasteiger partial charge in [-0.15, -0.1) is 0 Å². The van der Waals surface area contributed by atoms with E-state index in [1.54, 1.807) is 0 Å². The van der Waals surface area contributed by atoms with Crippen molar-refractivity contribution in [2.75, 3.05) is 21.3 Å². The monoisotopic (exact) mass is 426 g/mol. The molecule has 0 aromatic rings. The fraction of sp³-hybridized carbons (Fsp3) is 0.944. The van der Waals surface area contributed by atoms with Gasteiger partial charge in [0.15, 0.2) is 5.78 Å². The SMILES string of the molecule is CCCCCCCCCCCC(=O)C(CC[Si](OC)(OC)OC)S(=O)(=O)O. The van der Waals surface area contributed by atoms with Gasteiger partial charge in [-0.05, 0) is 12.8 Å². The van der Waals surface area contributed by atoms with Gasteiger partial charge >= 0.3 is 8.80 Å². The van der Waals surface area contributed by atoms with E-state index >= 15 is 0 Å². The molecule has 0 fully saturated rings. The van der Waals surface area contributed by atoms with Crippen LogP contribution in [0, 0.1) is 0 Å². The Morgan fingerprint density at radius 2 is 1.33 bits per heavy atom. The predicted octanol–water partition coefficient (Wildman–Crippen LogP) is 4.00. The van der Waals surface area contributed by atoms with E-state index in [0.717, 1.165) is 19.3 Å². The lowest BCUT2D eigenvalue weighted by Gasteiger charge is -2.25. The Labute approximate surface area is 166 Å². The van der Waals surface area contributed by atoms with Gasteiger partial charge in [0.1, 0.15) is 5.25 Å². The molecule has 1 N–H and O–H groups in total. The summed E-state index contributed by atoms with van der Waals surface area (Å²) in [7, 11) is -3.19. The van der Waals surface area contributed by atoms with Gasteiger partial charge in [-0.25, -0.2) is 0 Å². The van der Waals surface area contributed by atoms with Crippen molar-refractivity contribution in [2.24, 2.45) is 0 Å². The van der Waals surface area contributed by atoms with E-state index in [4.69, 9.17) is 13.3 Å². The summed E-state index contributed by atoms with van der Waals surface area (Å²) in [4.78, 5) is 12.3. The zero-order chi connectivity index (χ0) is 20.8. The maximum absolute atomic E-state index is 12.3. The number of carbonyl (C=O) groups is 1. The zero-order valence-electron chi connectivity index (χ0n) is 17.4. The Balaban J connectivity index is 4.33. The molecule has 0 saturated heterocycles. The number of rotatable bonds is 18. The van der Waals surface area contributed by atoms with Gasteiger partial charge in [0.2, 0.25) is 0 Å². The van der Waals surface area contributed by atoms with Crippen LogP contribution < -0.4 is 0 Å². The van der Waals surface area contributed by atoms with Crippen molar-refractivity contribution in [3.8, 4) is 0 Å². The molecule has 1 atom stereocenters. The smallest absolute Gasteiger partial charge is 0.377 e. The molecule has 7 nitrogen and oxygen atoms in total. The number of hydrogen-bond acceptors (Lipinski definition) is 6. The summed E-state index contributed by atoms with van der Waals surface area (Å²) < 4.78 is 48.5. The molecule has 1 unspecified atom stereocenters. The van der Waals surface area contributed by atoms with Gasteiger partial charge in [-0.1, -0.05) is 58.3 Å². The predicted molar refractivity (Wildman–Crippen MR) is 108 cm³/mol. The van der Waals surface area contributed by atoms with E-state index in [2.05, 4.69) is 6.92 Å². The van der Waals surface area contributed by atoms with Crippen LogP contribution in [0.5, 0.6) is 0 Å². The Hall–Kier alpha value is -0.323. The molecule has 0 amide bonds. The largest absolute Gasteiger partial charge is 0.500 e. The summed E-state index contributed by atoms with van der Waals surface area (Å²) in [6.45, 7) is 2.19. The van der Waals surface area contributed by atoms with Gasteiger partial charge in [-0.2, -0.15) is 8.42 Å². The number of unbranched alkanes of at least 4 members (excludes halogenated alkanes) is 8. The highest BCUT2D eigenvalue weighted by atomic mass is 32.2. The number of Topliss-reactive ketones (excluding diaryl/α,β-unsaturated/α-hetero) is 1. The minimum Gasteiger partial charge on any atom is -0.377 e. The summed E-state index contributed by atoms with van der Waals surface area (Å²) in [6.07, 6.45) is 10.1. The third-order valence-corrected chi connectivity index (χ3v) is 8.88.